The maximum atomic E-state index is 14.0. The number of halogens is 4. The molecule has 8 heteroatoms. The van der Waals surface area contributed by atoms with Crippen molar-refractivity contribution >= 4 is 11.6 Å². The lowest BCUT2D eigenvalue weighted by Gasteiger charge is -2.17. The molecule has 0 unspecified atom stereocenters. The minimum absolute atomic E-state index is 0.125. The molecule has 2 N–H and O–H groups in total. The highest BCUT2D eigenvalue weighted by atomic mass is 19.2. The van der Waals surface area contributed by atoms with E-state index in [-0.39, 0.29) is 11.5 Å². The fourth-order valence-corrected chi connectivity index (χ4v) is 1.73. The van der Waals surface area contributed by atoms with Gasteiger partial charge in [0, 0.05) is 32.1 Å². The first-order chi connectivity index (χ1) is 9.34. The molecule has 2 rings (SSSR count). The summed E-state index contributed by atoms with van der Waals surface area (Å²) in [6.07, 6.45) is 1.97. The summed E-state index contributed by atoms with van der Waals surface area (Å²) in [6, 6.07) is 0. The maximum absolute atomic E-state index is 14.0. The molecule has 1 aromatic carbocycles. The number of aromatic nitrogens is 2. The first-order valence-electron chi connectivity index (χ1n) is 5.45. The lowest BCUT2D eigenvalue weighted by molar-refractivity contribution is 0.459. The van der Waals surface area contributed by atoms with E-state index in [0.29, 0.717) is 0 Å². The minimum atomic E-state index is -1.51. The van der Waals surface area contributed by atoms with E-state index in [1.807, 2.05) is 0 Å². The van der Waals surface area contributed by atoms with Crippen molar-refractivity contribution in [1.29, 1.82) is 0 Å². The van der Waals surface area contributed by atoms with E-state index < -0.39 is 34.5 Å². The SMILES string of the molecule is CN(C)c1c(F)c(F)c(-c2cnc(N)nc2)c(F)c1F. The van der Waals surface area contributed by atoms with Gasteiger partial charge in [-0.2, -0.15) is 0 Å². The smallest absolute Gasteiger partial charge is 0.219 e. The average Bonchev–Trinajstić information content (AvgIpc) is 2.39. The Morgan fingerprint density at radius 3 is 1.75 bits per heavy atom. The van der Waals surface area contributed by atoms with Crippen LogP contribution in [0, 0.1) is 23.3 Å². The van der Waals surface area contributed by atoms with Gasteiger partial charge in [-0.05, 0) is 0 Å². The van der Waals surface area contributed by atoms with Crippen LogP contribution in [0.4, 0.5) is 29.2 Å². The van der Waals surface area contributed by atoms with Gasteiger partial charge in [-0.25, -0.2) is 27.5 Å². The summed E-state index contributed by atoms with van der Waals surface area (Å²) in [6.45, 7) is 0. The largest absolute Gasteiger partial charge is 0.373 e. The molecule has 0 aliphatic rings. The summed E-state index contributed by atoms with van der Waals surface area (Å²) in [5.41, 5.74) is 3.37. The second-order valence-electron chi connectivity index (χ2n) is 4.20. The van der Waals surface area contributed by atoms with Gasteiger partial charge in [-0.3, -0.25) is 0 Å². The van der Waals surface area contributed by atoms with Gasteiger partial charge in [0.1, 0.15) is 5.69 Å². The number of hydrogen-bond acceptors (Lipinski definition) is 4. The van der Waals surface area contributed by atoms with E-state index in [1.54, 1.807) is 0 Å². The second-order valence-corrected chi connectivity index (χ2v) is 4.20. The molecule has 1 heterocycles. The molecule has 2 aromatic rings. The molecule has 0 spiro atoms. The van der Waals surface area contributed by atoms with Crippen LogP contribution in [0.5, 0.6) is 0 Å². The van der Waals surface area contributed by atoms with Crippen LogP contribution >= 0.6 is 0 Å². The molecule has 0 aliphatic heterocycles. The van der Waals surface area contributed by atoms with Crippen molar-refractivity contribution in [3.63, 3.8) is 0 Å². The Hall–Kier alpha value is -2.38. The lowest BCUT2D eigenvalue weighted by Crippen LogP contribution is -2.16. The number of nitrogens with zero attached hydrogens (tertiary/aromatic N) is 3. The molecular formula is C12H10F4N4. The Bertz CT molecular complexity index is 626. The molecule has 0 aliphatic carbocycles. The molecule has 20 heavy (non-hydrogen) atoms. The Morgan fingerprint density at radius 1 is 0.900 bits per heavy atom. The highest BCUT2D eigenvalue weighted by Crippen LogP contribution is 2.35. The molecule has 4 nitrogen and oxygen atoms in total. The zero-order valence-corrected chi connectivity index (χ0v) is 10.6. The molecular weight excluding hydrogens is 276 g/mol. The quantitative estimate of drug-likeness (QED) is 0.680. The molecule has 0 fully saturated rings. The molecule has 106 valence electrons. The first kappa shape index (κ1) is 14.0. The van der Waals surface area contributed by atoms with E-state index in [9.17, 15) is 17.6 Å². The standard InChI is InChI=1S/C12H10F4N4/c1-20(2)11-9(15)7(13)6(8(14)10(11)16)5-3-18-12(17)19-4-5/h3-4H,1-2H3,(H2,17,18,19). The van der Waals surface area contributed by atoms with E-state index >= 15 is 0 Å². The summed E-state index contributed by atoms with van der Waals surface area (Å²) < 4.78 is 55.6. The first-order valence-corrected chi connectivity index (χ1v) is 5.45. The van der Waals surface area contributed by atoms with Crippen LogP contribution in [0.3, 0.4) is 0 Å². The summed E-state index contributed by atoms with van der Waals surface area (Å²) in [7, 11) is 2.54. The maximum Gasteiger partial charge on any atom is 0.219 e. The Morgan fingerprint density at radius 2 is 1.35 bits per heavy atom. The number of hydrogen-bond donors (Lipinski definition) is 1. The average molecular weight is 286 g/mol. The van der Waals surface area contributed by atoms with Gasteiger partial charge in [0.15, 0.2) is 23.3 Å². The van der Waals surface area contributed by atoms with E-state index in [2.05, 4.69) is 9.97 Å². The van der Waals surface area contributed by atoms with Crippen LogP contribution in [-0.4, -0.2) is 24.1 Å². The zero-order chi connectivity index (χ0) is 15.0. The summed E-state index contributed by atoms with van der Waals surface area (Å²) in [5, 5.41) is 0. The van der Waals surface area contributed by atoms with Crippen LogP contribution in [-0.2, 0) is 0 Å². The number of nitrogens with two attached hydrogens (primary N) is 1. The van der Waals surface area contributed by atoms with Gasteiger partial charge in [0.2, 0.25) is 5.95 Å². The van der Waals surface area contributed by atoms with Gasteiger partial charge in [0.25, 0.3) is 0 Å². The number of anilines is 2. The van der Waals surface area contributed by atoms with Gasteiger partial charge >= 0.3 is 0 Å². The third-order valence-corrected chi connectivity index (χ3v) is 2.65. The van der Waals surface area contributed by atoms with Crippen LogP contribution < -0.4 is 10.6 Å². The number of benzene rings is 1. The van der Waals surface area contributed by atoms with Crippen molar-refractivity contribution in [2.75, 3.05) is 24.7 Å². The van der Waals surface area contributed by atoms with Gasteiger partial charge < -0.3 is 10.6 Å². The summed E-state index contributed by atoms with van der Waals surface area (Å²) >= 11 is 0. The monoisotopic (exact) mass is 286 g/mol. The Kier molecular flexibility index (Phi) is 3.47. The van der Waals surface area contributed by atoms with Crippen LogP contribution in [0.15, 0.2) is 12.4 Å². The van der Waals surface area contributed by atoms with Crippen molar-refractivity contribution in [2.24, 2.45) is 0 Å². The summed E-state index contributed by atoms with van der Waals surface area (Å²) in [5.74, 6) is -6.12. The fraction of sp³-hybridized carbons (Fsp3) is 0.167. The highest BCUT2D eigenvalue weighted by Gasteiger charge is 2.27. The topological polar surface area (TPSA) is 55.0 Å². The van der Waals surface area contributed by atoms with Crippen LogP contribution in [0.2, 0.25) is 0 Å². The van der Waals surface area contributed by atoms with Crippen molar-refractivity contribution in [3.05, 3.63) is 35.7 Å². The van der Waals surface area contributed by atoms with Gasteiger partial charge in [-0.15, -0.1) is 0 Å². The van der Waals surface area contributed by atoms with Crippen molar-refractivity contribution in [1.82, 2.24) is 9.97 Å². The molecule has 1 aromatic heterocycles. The van der Waals surface area contributed by atoms with E-state index in [4.69, 9.17) is 5.73 Å². The zero-order valence-electron chi connectivity index (χ0n) is 10.6. The van der Waals surface area contributed by atoms with Crippen LogP contribution in [0.1, 0.15) is 0 Å². The Balaban J connectivity index is 2.75. The van der Waals surface area contributed by atoms with Crippen molar-refractivity contribution in [3.8, 4) is 11.1 Å². The molecule has 0 radical (unpaired) electrons. The minimum Gasteiger partial charge on any atom is -0.373 e. The van der Waals surface area contributed by atoms with Crippen molar-refractivity contribution in [2.45, 2.75) is 0 Å². The van der Waals surface area contributed by atoms with Gasteiger partial charge in [0.05, 0.1) is 5.56 Å². The van der Waals surface area contributed by atoms with E-state index in [1.165, 1.54) is 14.1 Å². The normalized spacial score (nSPS) is 10.7. The Labute approximate surface area is 111 Å². The molecule has 0 atom stereocenters. The third kappa shape index (κ3) is 2.13. The van der Waals surface area contributed by atoms with E-state index in [0.717, 1.165) is 17.3 Å². The molecule has 0 bridgehead atoms. The lowest BCUT2D eigenvalue weighted by atomic mass is 10.1. The number of nitrogen functional groups attached to an aromatic ring is 1. The predicted octanol–water partition coefficient (Wildman–Crippen LogP) is 2.35. The molecule has 0 saturated heterocycles. The summed E-state index contributed by atoms with van der Waals surface area (Å²) in [4.78, 5) is 8.01. The molecule has 0 amide bonds. The number of rotatable bonds is 2. The molecule has 0 saturated carbocycles. The second kappa shape index (κ2) is 4.95. The highest BCUT2D eigenvalue weighted by molar-refractivity contribution is 5.68. The van der Waals surface area contributed by atoms with Crippen LogP contribution in [0.25, 0.3) is 11.1 Å². The third-order valence-electron chi connectivity index (χ3n) is 2.65. The fourth-order valence-electron chi connectivity index (χ4n) is 1.73. The van der Waals surface area contributed by atoms with Crippen molar-refractivity contribution < 1.29 is 17.6 Å². The predicted molar refractivity (Wildman–Crippen MR) is 66.0 cm³/mol. The van der Waals surface area contributed by atoms with Gasteiger partial charge in [-0.1, -0.05) is 0 Å².